The zero-order chi connectivity index (χ0) is 14.1. The van der Waals surface area contributed by atoms with E-state index < -0.39 is 0 Å². The standard InChI is InChI=1S/C15H29N3O/c1-5-6-8-19-9-7-18-12-15(14(4)17-18)11-16-10-13(2)3/h12-13,16H,5-11H2,1-4H3. The van der Waals surface area contributed by atoms with Gasteiger partial charge in [-0.05, 0) is 25.8 Å². The van der Waals surface area contributed by atoms with Crippen molar-refractivity contribution in [1.29, 1.82) is 0 Å². The van der Waals surface area contributed by atoms with E-state index in [1.165, 1.54) is 12.0 Å². The van der Waals surface area contributed by atoms with Crippen LogP contribution in [0.1, 0.15) is 44.9 Å². The molecule has 0 aliphatic heterocycles. The molecule has 4 heteroatoms. The first-order valence-corrected chi connectivity index (χ1v) is 7.44. The molecule has 0 atom stereocenters. The molecule has 0 fully saturated rings. The van der Waals surface area contributed by atoms with Crippen LogP contribution in [0, 0.1) is 12.8 Å². The Hall–Kier alpha value is -0.870. The van der Waals surface area contributed by atoms with Gasteiger partial charge in [0.15, 0.2) is 0 Å². The molecule has 0 radical (unpaired) electrons. The third-order valence-electron chi connectivity index (χ3n) is 3.02. The second-order valence-corrected chi connectivity index (χ2v) is 5.49. The maximum absolute atomic E-state index is 5.56. The van der Waals surface area contributed by atoms with Crippen LogP contribution in [-0.4, -0.2) is 29.5 Å². The van der Waals surface area contributed by atoms with Crippen molar-refractivity contribution >= 4 is 0 Å². The Morgan fingerprint density at radius 1 is 1.37 bits per heavy atom. The zero-order valence-electron chi connectivity index (χ0n) is 12.9. The van der Waals surface area contributed by atoms with E-state index in [1.807, 2.05) is 4.68 Å². The van der Waals surface area contributed by atoms with Crippen LogP contribution in [0.2, 0.25) is 0 Å². The van der Waals surface area contributed by atoms with Crippen molar-refractivity contribution < 1.29 is 4.74 Å². The fourth-order valence-corrected chi connectivity index (χ4v) is 1.85. The topological polar surface area (TPSA) is 39.1 Å². The Bertz CT molecular complexity index is 347. The molecular formula is C15H29N3O. The molecule has 1 heterocycles. The summed E-state index contributed by atoms with van der Waals surface area (Å²) in [6.07, 6.45) is 4.46. The molecule has 4 nitrogen and oxygen atoms in total. The molecule has 0 aliphatic rings. The van der Waals surface area contributed by atoms with E-state index in [0.717, 1.165) is 45.0 Å². The second kappa shape index (κ2) is 9.10. The molecule has 0 unspecified atom stereocenters. The second-order valence-electron chi connectivity index (χ2n) is 5.49. The Kier molecular flexibility index (Phi) is 7.75. The van der Waals surface area contributed by atoms with Crippen LogP contribution in [-0.2, 0) is 17.8 Å². The normalized spacial score (nSPS) is 11.4. The van der Waals surface area contributed by atoms with E-state index in [-0.39, 0.29) is 0 Å². The van der Waals surface area contributed by atoms with Gasteiger partial charge in [0.1, 0.15) is 0 Å². The van der Waals surface area contributed by atoms with Crippen molar-refractivity contribution in [2.75, 3.05) is 19.8 Å². The third-order valence-corrected chi connectivity index (χ3v) is 3.02. The summed E-state index contributed by atoms with van der Waals surface area (Å²) in [6, 6.07) is 0. The number of nitrogens with one attached hydrogen (secondary N) is 1. The van der Waals surface area contributed by atoms with E-state index >= 15 is 0 Å². The van der Waals surface area contributed by atoms with E-state index in [0.29, 0.717) is 5.92 Å². The number of hydrogen-bond donors (Lipinski definition) is 1. The van der Waals surface area contributed by atoms with Crippen molar-refractivity contribution in [1.82, 2.24) is 15.1 Å². The summed E-state index contributed by atoms with van der Waals surface area (Å²) in [6.45, 7) is 13.1. The SMILES string of the molecule is CCCCOCCn1cc(CNCC(C)C)c(C)n1. The first kappa shape index (κ1) is 16.2. The highest BCUT2D eigenvalue weighted by Gasteiger charge is 2.04. The predicted octanol–water partition coefficient (Wildman–Crippen LogP) is 2.75. The van der Waals surface area contributed by atoms with Crippen molar-refractivity contribution in [2.45, 2.75) is 53.6 Å². The largest absolute Gasteiger partial charge is 0.380 e. The molecule has 19 heavy (non-hydrogen) atoms. The zero-order valence-corrected chi connectivity index (χ0v) is 12.9. The lowest BCUT2D eigenvalue weighted by atomic mass is 10.2. The smallest absolute Gasteiger partial charge is 0.0662 e. The number of aromatic nitrogens is 2. The summed E-state index contributed by atoms with van der Waals surface area (Å²) in [7, 11) is 0. The number of unbranched alkanes of at least 4 members (excludes halogenated alkanes) is 1. The monoisotopic (exact) mass is 267 g/mol. The van der Waals surface area contributed by atoms with E-state index in [4.69, 9.17) is 4.74 Å². The Morgan fingerprint density at radius 3 is 2.84 bits per heavy atom. The maximum atomic E-state index is 5.56. The molecule has 1 rings (SSSR count). The lowest BCUT2D eigenvalue weighted by Crippen LogP contribution is -2.19. The molecule has 0 aliphatic carbocycles. The van der Waals surface area contributed by atoms with Crippen LogP contribution >= 0.6 is 0 Å². The number of aryl methyl sites for hydroxylation is 1. The first-order valence-electron chi connectivity index (χ1n) is 7.44. The number of hydrogen-bond acceptors (Lipinski definition) is 3. The lowest BCUT2D eigenvalue weighted by molar-refractivity contribution is 0.121. The van der Waals surface area contributed by atoms with Gasteiger partial charge in [0.05, 0.1) is 18.8 Å². The minimum Gasteiger partial charge on any atom is -0.380 e. The summed E-state index contributed by atoms with van der Waals surface area (Å²) in [5.41, 5.74) is 2.40. The minimum absolute atomic E-state index is 0.683. The average molecular weight is 267 g/mol. The Balaban J connectivity index is 2.28. The Labute approximate surface area is 117 Å². The third kappa shape index (κ3) is 6.73. The summed E-state index contributed by atoms with van der Waals surface area (Å²) in [5, 5.41) is 7.98. The number of rotatable bonds is 10. The van der Waals surface area contributed by atoms with Crippen molar-refractivity contribution in [3.8, 4) is 0 Å². The molecule has 0 saturated carbocycles. The van der Waals surface area contributed by atoms with Crippen LogP contribution in [0.3, 0.4) is 0 Å². The highest BCUT2D eigenvalue weighted by atomic mass is 16.5. The minimum atomic E-state index is 0.683. The maximum Gasteiger partial charge on any atom is 0.0662 e. The van der Waals surface area contributed by atoms with Gasteiger partial charge in [-0.1, -0.05) is 27.2 Å². The van der Waals surface area contributed by atoms with Gasteiger partial charge in [-0.15, -0.1) is 0 Å². The fourth-order valence-electron chi connectivity index (χ4n) is 1.85. The number of ether oxygens (including phenoxy) is 1. The molecule has 0 aromatic carbocycles. The molecule has 0 spiro atoms. The van der Waals surface area contributed by atoms with Crippen LogP contribution in [0.4, 0.5) is 0 Å². The van der Waals surface area contributed by atoms with E-state index in [1.54, 1.807) is 0 Å². The molecule has 1 aromatic heterocycles. The van der Waals surface area contributed by atoms with Gasteiger partial charge in [0, 0.05) is 24.9 Å². The average Bonchev–Trinajstić information content (AvgIpc) is 2.69. The van der Waals surface area contributed by atoms with Gasteiger partial charge >= 0.3 is 0 Å². The van der Waals surface area contributed by atoms with Crippen molar-refractivity contribution in [3.05, 3.63) is 17.5 Å². The van der Waals surface area contributed by atoms with Crippen molar-refractivity contribution in [2.24, 2.45) is 5.92 Å². The first-order chi connectivity index (χ1) is 9.13. The molecule has 0 saturated heterocycles. The summed E-state index contributed by atoms with van der Waals surface area (Å²) >= 11 is 0. The lowest BCUT2D eigenvalue weighted by Gasteiger charge is -2.06. The van der Waals surface area contributed by atoms with E-state index in [9.17, 15) is 0 Å². The van der Waals surface area contributed by atoms with Gasteiger partial charge < -0.3 is 10.1 Å². The molecule has 0 bridgehead atoms. The summed E-state index contributed by atoms with van der Waals surface area (Å²) in [4.78, 5) is 0. The van der Waals surface area contributed by atoms with Gasteiger partial charge in [0.2, 0.25) is 0 Å². The molecule has 1 aromatic rings. The van der Waals surface area contributed by atoms with Crippen LogP contribution < -0.4 is 5.32 Å². The van der Waals surface area contributed by atoms with Gasteiger partial charge in [0.25, 0.3) is 0 Å². The summed E-state index contributed by atoms with van der Waals surface area (Å²) in [5.74, 6) is 0.683. The quantitative estimate of drug-likeness (QED) is 0.663. The molecule has 110 valence electrons. The highest BCUT2D eigenvalue weighted by molar-refractivity contribution is 5.14. The highest BCUT2D eigenvalue weighted by Crippen LogP contribution is 2.05. The van der Waals surface area contributed by atoms with Crippen LogP contribution in [0.15, 0.2) is 6.20 Å². The van der Waals surface area contributed by atoms with Crippen LogP contribution in [0.5, 0.6) is 0 Å². The van der Waals surface area contributed by atoms with E-state index in [2.05, 4.69) is 44.3 Å². The molecule has 0 amide bonds. The fraction of sp³-hybridized carbons (Fsp3) is 0.800. The van der Waals surface area contributed by atoms with Crippen LogP contribution in [0.25, 0.3) is 0 Å². The number of nitrogens with zero attached hydrogens (tertiary/aromatic N) is 2. The summed E-state index contributed by atoms with van der Waals surface area (Å²) < 4.78 is 7.56. The predicted molar refractivity (Wildman–Crippen MR) is 79.2 cm³/mol. The molecule has 1 N–H and O–H groups in total. The Morgan fingerprint density at radius 2 is 2.16 bits per heavy atom. The molecular weight excluding hydrogens is 238 g/mol. The van der Waals surface area contributed by atoms with Gasteiger partial charge in [-0.3, -0.25) is 4.68 Å². The van der Waals surface area contributed by atoms with Gasteiger partial charge in [-0.2, -0.15) is 5.10 Å². The van der Waals surface area contributed by atoms with Crippen molar-refractivity contribution in [3.63, 3.8) is 0 Å². The van der Waals surface area contributed by atoms with Gasteiger partial charge in [-0.25, -0.2) is 0 Å².